The van der Waals surface area contributed by atoms with E-state index >= 15 is 0 Å². The fourth-order valence-electron chi connectivity index (χ4n) is 0.836. The first-order chi connectivity index (χ1) is 5.16. The van der Waals surface area contributed by atoms with Gasteiger partial charge in [0.15, 0.2) is 6.29 Å². The highest BCUT2D eigenvalue weighted by Gasteiger charge is 2.06. The average Bonchev–Trinajstić information content (AvgIpc) is 1.99. The maximum atomic E-state index is 12.7. The molecule has 0 saturated heterocycles. The lowest BCUT2D eigenvalue weighted by atomic mass is 10.1. The van der Waals surface area contributed by atoms with Crippen molar-refractivity contribution in [3.63, 3.8) is 0 Å². The lowest BCUT2D eigenvalue weighted by molar-refractivity contribution is 0.112. The zero-order valence-electron chi connectivity index (χ0n) is 5.97. The van der Waals surface area contributed by atoms with E-state index in [1.165, 1.54) is 6.92 Å². The molecule has 1 aromatic carbocycles. The molecule has 58 valence electrons. The van der Waals surface area contributed by atoms with Crippen LogP contribution in [0.3, 0.4) is 0 Å². The first-order valence-electron chi connectivity index (χ1n) is 3.10. The second-order valence-corrected chi connectivity index (χ2v) is 2.22. The summed E-state index contributed by atoms with van der Waals surface area (Å²) in [7, 11) is 0. The van der Waals surface area contributed by atoms with Crippen molar-refractivity contribution >= 4 is 6.29 Å². The molecule has 3 heteroatoms. The minimum Gasteiger partial charge on any atom is -0.507 e. The fourth-order valence-corrected chi connectivity index (χ4v) is 0.836. The molecule has 1 aromatic rings. The van der Waals surface area contributed by atoms with Crippen molar-refractivity contribution in [3.8, 4) is 5.75 Å². The predicted octanol–water partition coefficient (Wildman–Crippen LogP) is 1.65. The molecule has 2 nitrogen and oxygen atoms in total. The number of hydrogen-bond acceptors (Lipinski definition) is 2. The Hall–Kier alpha value is -1.38. The summed E-state index contributed by atoms with van der Waals surface area (Å²) in [6, 6.07) is 2.28. The Morgan fingerprint density at radius 1 is 1.55 bits per heavy atom. The summed E-state index contributed by atoms with van der Waals surface area (Å²) in [6.45, 7) is 1.44. The van der Waals surface area contributed by atoms with Gasteiger partial charge in [-0.3, -0.25) is 4.79 Å². The van der Waals surface area contributed by atoms with E-state index in [-0.39, 0.29) is 16.9 Å². The highest BCUT2D eigenvalue weighted by atomic mass is 19.1. The Labute approximate surface area is 63.3 Å². The number of carbonyl (C=O) groups excluding carboxylic acids is 1. The van der Waals surface area contributed by atoms with Crippen LogP contribution in [0.15, 0.2) is 12.1 Å². The molecule has 0 radical (unpaired) electrons. The lowest BCUT2D eigenvalue weighted by Gasteiger charge is -2.01. The standard InChI is InChI=1S/C8H7FO2/c1-5-6(4-10)8(11)3-2-7(5)9/h2-4,11H,1H3. The molecule has 0 spiro atoms. The van der Waals surface area contributed by atoms with Crippen LogP contribution >= 0.6 is 0 Å². The van der Waals surface area contributed by atoms with Crippen LogP contribution in [0.4, 0.5) is 4.39 Å². The summed E-state index contributed by atoms with van der Waals surface area (Å²) >= 11 is 0. The normalized spacial score (nSPS) is 9.64. The quantitative estimate of drug-likeness (QED) is 0.624. The summed E-state index contributed by atoms with van der Waals surface area (Å²) in [6.07, 6.45) is 0.438. The fraction of sp³-hybridized carbons (Fsp3) is 0.125. The van der Waals surface area contributed by atoms with Crippen LogP contribution < -0.4 is 0 Å². The molecule has 1 rings (SSSR count). The molecule has 0 atom stereocenters. The second kappa shape index (κ2) is 2.70. The van der Waals surface area contributed by atoms with Gasteiger partial charge in [0.2, 0.25) is 0 Å². The van der Waals surface area contributed by atoms with Crippen LogP contribution in [0.5, 0.6) is 5.75 Å². The van der Waals surface area contributed by atoms with E-state index in [4.69, 9.17) is 5.11 Å². The number of halogens is 1. The molecular weight excluding hydrogens is 147 g/mol. The molecule has 0 bridgehead atoms. The lowest BCUT2D eigenvalue weighted by Crippen LogP contribution is -1.90. The van der Waals surface area contributed by atoms with E-state index in [2.05, 4.69) is 0 Å². The van der Waals surface area contributed by atoms with E-state index < -0.39 is 5.82 Å². The largest absolute Gasteiger partial charge is 0.507 e. The molecule has 0 unspecified atom stereocenters. The van der Waals surface area contributed by atoms with Crippen molar-refractivity contribution in [1.82, 2.24) is 0 Å². The van der Waals surface area contributed by atoms with Gasteiger partial charge in [0.25, 0.3) is 0 Å². The van der Waals surface area contributed by atoms with Crippen molar-refractivity contribution in [2.75, 3.05) is 0 Å². The zero-order chi connectivity index (χ0) is 8.43. The molecule has 0 aliphatic carbocycles. The number of phenols is 1. The van der Waals surface area contributed by atoms with Gasteiger partial charge in [-0.15, -0.1) is 0 Å². The third-order valence-corrected chi connectivity index (χ3v) is 1.54. The van der Waals surface area contributed by atoms with Crippen LogP contribution in [-0.4, -0.2) is 11.4 Å². The summed E-state index contributed by atoms with van der Waals surface area (Å²) in [5.41, 5.74) is 0.199. The van der Waals surface area contributed by atoms with Crippen molar-refractivity contribution < 1.29 is 14.3 Å². The SMILES string of the molecule is Cc1c(F)ccc(O)c1C=O. The number of benzene rings is 1. The van der Waals surface area contributed by atoms with Gasteiger partial charge in [0.05, 0.1) is 5.56 Å². The van der Waals surface area contributed by atoms with E-state index in [1.807, 2.05) is 0 Å². The van der Waals surface area contributed by atoms with Crippen molar-refractivity contribution in [3.05, 3.63) is 29.1 Å². The molecule has 0 aromatic heterocycles. The minimum atomic E-state index is -0.482. The Kier molecular flexibility index (Phi) is 1.89. The first kappa shape index (κ1) is 7.72. The smallest absolute Gasteiger partial charge is 0.154 e. The maximum absolute atomic E-state index is 12.7. The van der Waals surface area contributed by atoms with Crippen molar-refractivity contribution in [2.24, 2.45) is 0 Å². The van der Waals surface area contributed by atoms with Gasteiger partial charge in [-0.05, 0) is 24.6 Å². The predicted molar refractivity (Wildman–Crippen MR) is 38.2 cm³/mol. The highest BCUT2D eigenvalue weighted by Crippen LogP contribution is 2.20. The van der Waals surface area contributed by atoms with Crippen LogP contribution in [-0.2, 0) is 0 Å². The summed E-state index contributed by atoms with van der Waals surface area (Å²) in [4.78, 5) is 10.3. The molecule has 1 N–H and O–H groups in total. The van der Waals surface area contributed by atoms with Crippen molar-refractivity contribution in [2.45, 2.75) is 6.92 Å². The Bertz CT molecular complexity index is 294. The third-order valence-electron chi connectivity index (χ3n) is 1.54. The van der Waals surface area contributed by atoms with Crippen LogP contribution in [0.1, 0.15) is 15.9 Å². The number of aromatic hydroxyl groups is 1. The van der Waals surface area contributed by atoms with Gasteiger partial charge in [-0.2, -0.15) is 0 Å². The molecule has 11 heavy (non-hydrogen) atoms. The third kappa shape index (κ3) is 1.22. The van der Waals surface area contributed by atoms with E-state index in [0.717, 1.165) is 12.1 Å². The number of phenolic OH excluding ortho intramolecular Hbond substituents is 1. The highest BCUT2D eigenvalue weighted by molar-refractivity contribution is 5.81. The maximum Gasteiger partial charge on any atom is 0.154 e. The van der Waals surface area contributed by atoms with Gasteiger partial charge in [0, 0.05) is 0 Å². The van der Waals surface area contributed by atoms with E-state index in [0.29, 0.717) is 6.29 Å². The molecule has 0 aliphatic heterocycles. The first-order valence-corrected chi connectivity index (χ1v) is 3.10. The second-order valence-electron chi connectivity index (χ2n) is 2.22. The summed E-state index contributed by atoms with van der Waals surface area (Å²) in [5, 5.41) is 9.02. The molecule has 0 aliphatic rings. The number of aldehydes is 1. The Morgan fingerprint density at radius 2 is 2.18 bits per heavy atom. The molecular formula is C8H7FO2. The van der Waals surface area contributed by atoms with Gasteiger partial charge < -0.3 is 5.11 Å². The topological polar surface area (TPSA) is 37.3 Å². The van der Waals surface area contributed by atoms with Crippen LogP contribution in [0, 0.1) is 12.7 Å². The van der Waals surface area contributed by atoms with Gasteiger partial charge in [-0.1, -0.05) is 0 Å². The Morgan fingerprint density at radius 3 is 2.64 bits per heavy atom. The minimum absolute atomic E-state index is 0.0185. The van der Waals surface area contributed by atoms with Crippen LogP contribution in [0.2, 0.25) is 0 Å². The van der Waals surface area contributed by atoms with E-state index in [9.17, 15) is 9.18 Å². The number of carbonyl (C=O) groups is 1. The van der Waals surface area contributed by atoms with Gasteiger partial charge >= 0.3 is 0 Å². The molecule has 0 amide bonds. The summed E-state index contributed by atoms with van der Waals surface area (Å²) < 4.78 is 12.7. The van der Waals surface area contributed by atoms with Gasteiger partial charge in [-0.25, -0.2) is 4.39 Å². The number of hydrogen-bond donors (Lipinski definition) is 1. The average molecular weight is 154 g/mol. The van der Waals surface area contributed by atoms with Crippen molar-refractivity contribution in [1.29, 1.82) is 0 Å². The Balaban J connectivity index is 3.40. The number of rotatable bonds is 1. The molecule has 0 fully saturated rings. The molecule has 0 heterocycles. The summed E-state index contributed by atoms with van der Waals surface area (Å²) in [5.74, 6) is -0.663. The van der Waals surface area contributed by atoms with Crippen LogP contribution in [0.25, 0.3) is 0 Å². The van der Waals surface area contributed by atoms with Gasteiger partial charge in [0.1, 0.15) is 11.6 Å². The monoisotopic (exact) mass is 154 g/mol. The zero-order valence-corrected chi connectivity index (χ0v) is 5.97. The molecule has 0 saturated carbocycles. The van der Waals surface area contributed by atoms with E-state index in [1.54, 1.807) is 0 Å².